The van der Waals surface area contributed by atoms with Gasteiger partial charge in [0.15, 0.2) is 17.1 Å². The number of hydrazine groups is 1. The number of carbonyl (C=O) groups excluding carboxylic acids is 2. The van der Waals surface area contributed by atoms with E-state index in [0.717, 1.165) is 5.01 Å². The third kappa shape index (κ3) is 6.36. The first-order chi connectivity index (χ1) is 21.7. The number of esters is 1. The number of alkyl halides is 2. The van der Waals surface area contributed by atoms with Crippen LogP contribution in [-0.4, -0.2) is 105 Å². The molecule has 0 radical (unpaired) electrons. The summed E-state index contributed by atoms with van der Waals surface area (Å²) in [6.45, 7) is 5.26. The molecular formula is C30H38F3N7O5S. The zero-order valence-corrected chi connectivity index (χ0v) is 26.7. The second-order valence-corrected chi connectivity index (χ2v) is 13.2. The quantitative estimate of drug-likeness (QED) is 0.221. The number of rotatable bonds is 10. The summed E-state index contributed by atoms with van der Waals surface area (Å²) in [5.74, 6) is -4.27. The predicted octanol–water partition coefficient (Wildman–Crippen LogP) is 2.53. The standard InChI is InChI=1S/C30H38F3N7O5S/c1-5-45-26(41)21-19(36-24(25-35-10-12-46-25)37-22(21)17-7-6-8-18(31)16(17)2)13-38-15-30(32,33)23-20(38)14-40(28(34)44)39(23)11-9-29(3,4)27(42)43/h6-8,10,12,20,22-23,27,42-43H,5,9,11,13-15H2,1-4H3,(H2,34,44)(H,36,37). The summed E-state index contributed by atoms with van der Waals surface area (Å²) in [6.07, 6.45) is -0.0524. The van der Waals surface area contributed by atoms with Crippen LogP contribution in [0.25, 0.3) is 0 Å². The number of thiazole rings is 1. The summed E-state index contributed by atoms with van der Waals surface area (Å²) in [4.78, 5) is 36.6. The number of benzene rings is 1. The topological polar surface area (TPSA) is 157 Å². The fourth-order valence-electron chi connectivity index (χ4n) is 6.18. The maximum Gasteiger partial charge on any atom is 0.338 e. The molecule has 3 unspecified atom stereocenters. The molecule has 3 aliphatic rings. The van der Waals surface area contributed by atoms with E-state index in [4.69, 9.17) is 15.5 Å². The van der Waals surface area contributed by atoms with Crippen LogP contribution < -0.4 is 11.1 Å². The highest BCUT2D eigenvalue weighted by atomic mass is 32.1. The molecule has 2 saturated heterocycles. The number of halogens is 3. The molecule has 5 N–H and O–H groups in total. The lowest BCUT2D eigenvalue weighted by molar-refractivity contribution is -0.139. The number of nitrogens with two attached hydrogens (primary N) is 1. The number of ether oxygens (including phenoxy) is 1. The number of nitrogens with one attached hydrogen (secondary N) is 1. The van der Waals surface area contributed by atoms with Gasteiger partial charge >= 0.3 is 12.0 Å². The van der Waals surface area contributed by atoms with Crippen molar-refractivity contribution in [2.24, 2.45) is 16.1 Å². The molecule has 1 aromatic carbocycles. The smallest absolute Gasteiger partial charge is 0.338 e. The molecule has 3 aliphatic heterocycles. The lowest BCUT2D eigenvalue weighted by Crippen LogP contribution is -2.53. The molecule has 3 atom stereocenters. The Balaban J connectivity index is 1.55. The molecule has 46 heavy (non-hydrogen) atoms. The van der Waals surface area contributed by atoms with E-state index in [9.17, 15) is 24.2 Å². The number of amides is 2. The highest BCUT2D eigenvalue weighted by Gasteiger charge is 2.62. The minimum absolute atomic E-state index is 0.0292. The van der Waals surface area contributed by atoms with Crippen molar-refractivity contribution in [3.63, 3.8) is 0 Å². The van der Waals surface area contributed by atoms with Crippen LogP contribution in [0.4, 0.5) is 18.0 Å². The lowest BCUT2D eigenvalue weighted by Gasteiger charge is -2.36. The fourth-order valence-corrected chi connectivity index (χ4v) is 6.76. The first-order valence-corrected chi connectivity index (χ1v) is 15.8. The number of aromatic nitrogens is 1. The maximum atomic E-state index is 15.9. The number of aliphatic imine (C=N–C) groups is 1. The molecule has 2 fully saturated rings. The zero-order chi connectivity index (χ0) is 33.6. The molecule has 0 saturated carbocycles. The number of hydrogen-bond acceptors (Lipinski definition) is 11. The van der Waals surface area contributed by atoms with E-state index in [-0.39, 0.29) is 55.3 Å². The third-order valence-corrected chi connectivity index (χ3v) is 9.61. The molecule has 2 amide bonds. The van der Waals surface area contributed by atoms with Crippen molar-refractivity contribution in [3.8, 4) is 0 Å². The molecule has 0 bridgehead atoms. The van der Waals surface area contributed by atoms with Gasteiger partial charge < -0.3 is 26.0 Å². The third-order valence-electron chi connectivity index (χ3n) is 8.83. The van der Waals surface area contributed by atoms with E-state index in [1.54, 1.807) is 45.3 Å². The average molecular weight is 666 g/mol. The highest BCUT2D eigenvalue weighted by molar-refractivity contribution is 7.11. The van der Waals surface area contributed by atoms with Crippen molar-refractivity contribution in [1.29, 1.82) is 0 Å². The van der Waals surface area contributed by atoms with Gasteiger partial charge in [-0.05, 0) is 37.5 Å². The molecule has 250 valence electrons. The molecule has 0 spiro atoms. The molecule has 4 heterocycles. The summed E-state index contributed by atoms with van der Waals surface area (Å²) in [5, 5.41) is 27.2. The SMILES string of the molecule is CCOC(=O)C1=C(CN2CC(F)(F)C3C2CN(C(N)=O)N3CCC(C)(C)C(O)O)NC(c2nccs2)=NC1c1cccc(F)c1C. The van der Waals surface area contributed by atoms with Crippen molar-refractivity contribution in [3.05, 3.63) is 63.0 Å². The van der Waals surface area contributed by atoms with Gasteiger partial charge in [0, 0.05) is 35.8 Å². The predicted molar refractivity (Wildman–Crippen MR) is 163 cm³/mol. The van der Waals surface area contributed by atoms with E-state index in [2.05, 4.69) is 10.3 Å². The number of aliphatic hydroxyl groups is 2. The number of nitrogens with zero attached hydrogens (tertiary/aromatic N) is 5. The van der Waals surface area contributed by atoms with Crippen molar-refractivity contribution >= 4 is 29.2 Å². The largest absolute Gasteiger partial charge is 0.463 e. The number of amidine groups is 1. The van der Waals surface area contributed by atoms with Gasteiger partial charge in [-0.1, -0.05) is 26.0 Å². The van der Waals surface area contributed by atoms with Crippen LogP contribution in [0.15, 0.2) is 46.0 Å². The first kappa shape index (κ1) is 33.8. The van der Waals surface area contributed by atoms with E-state index in [0.29, 0.717) is 10.6 Å². The van der Waals surface area contributed by atoms with Gasteiger partial charge in [0.25, 0.3) is 5.92 Å². The van der Waals surface area contributed by atoms with Gasteiger partial charge in [-0.25, -0.2) is 32.8 Å². The van der Waals surface area contributed by atoms with Gasteiger partial charge in [0.1, 0.15) is 17.9 Å². The van der Waals surface area contributed by atoms with E-state index in [1.807, 2.05) is 0 Å². The van der Waals surface area contributed by atoms with Gasteiger partial charge in [0.2, 0.25) is 0 Å². The van der Waals surface area contributed by atoms with Crippen molar-refractivity contribution < 1.29 is 37.7 Å². The number of urea groups is 1. The summed E-state index contributed by atoms with van der Waals surface area (Å²) < 4.78 is 52.0. The minimum Gasteiger partial charge on any atom is -0.463 e. The summed E-state index contributed by atoms with van der Waals surface area (Å²) in [6, 6.07) is 0.139. The van der Waals surface area contributed by atoms with E-state index in [1.165, 1.54) is 33.4 Å². The van der Waals surface area contributed by atoms with Crippen LogP contribution in [0.2, 0.25) is 0 Å². The van der Waals surface area contributed by atoms with Crippen LogP contribution in [0.3, 0.4) is 0 Å². The Morgan fingerprint density at radius 3 is 2.67 bits per heavy atom. The van der Waals surface area contributed by atoms with Crippen molar-refractivity contribution in [2.45, 2.75) is 64.5 Å². The second-order valence-electron chi connectivity index (χ2n) is 12.3. The Bertz CT molecular complexity index is 1530. The monoisotopic (exact) mass is 665 g/mol. The van der Waals surface area contributed by atoms with Crippen LogP contribution in [0.5, 0.6) is 0 Å². The number of primary amides is 1. The van der Waals surface area contributed by atoms with Crippen LogP contribution in [0.1, 0.15) is 49.4 Å². The zero-order valence-electron chi connectivity index (χ0n) is 25.9. The minimum atomic E-state index is -3.32. The molecule has 2 aromatic rings. The number of hydrogen-bond donors (Lipinski definition) is 4. The Hall–Kier alpha value is -3.57. The molecular weight excluding hydrogens is 627 g/mol. The summed E-state index contributed by atoms with van der Waals surface area (Å²) in [5.41, 5.74) is 5.54. The molecule has 16 heteroatoms. The van der Waals surface area contributed by atoms with Crippen LogP contribution in [-0.2, 0) is 9.53 Å². The van der Waals surface area contributed by atoms with Crippen molar-refractivity contribution in [2.75, 3.05) is 32.8 Å². The lowest BCUT2D eigenvalue weighted by atomic mass is 9.88. The number of carbonyl (C=O) groups is 2. The van der Waals surface area contributed by atoms with Gasteiger partial charge in [-0.2, -0.15) is 0 Å². The number of fused-ring (bicyclic) bond motifs is 1. The Kier molecular flexibility index (Phi) is 9.48. The maximum absolute atomic E-state index is 15.9. The summed E-state index contributed by atoms with van der Waals surface area (Å²) in [7, 11) is 0. The average Bonchev–Trinajstić information content (AvgIpc) is 3.71. The molecule has 5 rings (SSSR count). The number of aliphatic hydroxyl groups excluding tert-OH is 1. The Morgan fingerprint density at radius 2 is 2.04 bits per heavy atom. The van der Waals surface area contributed by atoms with Gasteiger partial charge in [-0.15, -0.1) is 11.3 Å². The number of likely N-dealkylation sites (tertiary alicyclic amines) is 1. The Labute approximate surface area is 268 Å². The molecule has 12 nitrogen and oxygen atoms in total. The fraction of sp³-hybridized carbons (Fsp3) is 0.533. The molecule has 1 aromatic heterocycles. The van der Waals surface area contributed by atoms with Gasteiger partial charge in [-0.3, -0.25) is 14.9 Å². The Morgan fingerprint density at radius 1 is 1.30 bits per heavy atom. The summed E-state index contributed by atoms with van der Waals surface area (Å²) >= 11 is 1.28. The second kappa shape index (κ2) is 12.9. The highest BCUT2D eigenvalue weighted by Crippen LogP contribution is 2.43. The van der Waals surface area contributed by atoms with Gasteiger partial charge in [0.05, 0.1) is 31.3 Å². The van der Waals surface area contributed by atoms with Crippen LogP contribution >= 0.6 is 11.3 Å². The normalized spacial score (nSPS) is 23.5. The van der Waals surface area contributed by atoms with Crippen molar-refractivity contribution in [1.82, 2.24) is 25.2 Å². The molecule has 0 aliphatic carbocycles. The van der Waals surface area contributed by atoms with Crippen LogP contribution in [0, 0.1) is 18.2 Å². The first-order valence-electron chi connectivity index (χ1n) is 14.9. The van der Waals surface area contributed by atoms with E-state index >= 15 is 8.78 Å². The van der Waals surface area contributed by atoms with E-state index < -0.39 is 60.1 Å².